The van der Waals surface area contributed by atoms with Crippen LogP contribution in [0, 0.1) is 5.21 Å². The molecule has 0 spiro atoms. The number of fused-ring (bicyclic) bond motifs is 1. The number of nitrogens with one attached hydrogen (secondary N) is 1. The summed E-state index contributed by atoms with van der Waals surface area (Å²) in [6.45, 7) is 1.36. The van der Waals surface area contributed by atoms with Crippen LogP contribution in [-0.4, -0.2) is 16.0 Å². The van der Waals surface area contributed by atoms with Crippen molar-refractivity contribution in [2.75, 3.05) is 5.32 Å². The first-order chi connectivity index (χ1) is 6.66. The summed E-state index contributed by atoms with van der Waals surface area (Å²) in [6, 6.07) is 2.96. The summed E-state index contributed by atoms with van der Waals surface area (Å²) in [4.78, 5) is 14.8. The van der Waals surface area contributed by atoms with Crippen molar-refractivity contribution in [2.24, 2.45) is 0 Å². The second-order valence-corrected chi connectivity index (χ2v) is 2.65. The van der Waals surface area contributed by atoms with Gasteiger partial charge in [0.2, 0.25) is 11.4 Å². The van der Waals surface area contributed by atoms with E-state index in [1.165, 1.54) is 19.1 Å². The zero-order valence-electron chi connectivity index (χ0n) is 7.22. The van der Waals surface area contributed by atoms with Crippen LogP contribution >= 0.6 is 0 Å². The molecule has 0 aliphatic rings. The molecule has 1 amide bonds. The van der Waals surface area contributed by atoms with Crippen LogP contribution < -0.4 is 10.2 Å². The van der Waals surface area contributed by atoms with Gasteiger partial charge in [0.1, 0.15) is 5.82 Å². The van der Waals surface area contributed by atoms with Gasteiger partial charge in [-0.15, -0.1) is 0 Å². The molecule has 0 aromatic carbocycles. The lowest BCUT2D eigenvalue weighted by molar-refractivity contribution is -0.782. The van der Waals surface area contributed by atoms with Gasteiger partial charge in [-0.2, -0.15) is 4.98 Å². The van der Waals surface area contributed by atoms with Crippen LogP contribution in [0.2, 0.25) is 0 Å². The van der Waals surface area contributed by atoms with E-state index in [0.29, 0.717) is 5.82 Å². The molecule has 0 saturated heterocycles. The fourth-order valence-electron chi connectivity index (χ4n) is 1.02. The van der Waals surface area contributed by atoms with Crippen LogP contribution in [0.4, 0.5) is 5.82 Å². The summed E-state index contributed by atoms with van der Waals surface area (Å²) in [5, 5.41) is 16.7. The maximum Gasteiger partial charge on any atom is 0.342 e. The van der Waals surface area contributed by atoms with Crippen molar-refractivity contribution in [3.63, 3.8) is 0 Å². The van der Waals surface area contributed by atoms with Crippen LogP contribution in [0.15, 0.2) is 16.8 Å². The second kappa shape index (κ2) is 2.95. The largest absolute Gasteiger partial charge is 0.359 e. The van der Waals surface area contributed by atoms with E-state index in [1.54, 1.807) is 0 Å². The monoisotopic (exact) mass is 194 g/mol. The molecule has 2 aromatic heterocycles. The minimum Gasteiger partial charge on any atom is -0.359 e. The highest BCUT2D eigenvalue weighted by molar-refractivity contribution is 5.88. The van der Waals surface area contributed by atoms with Gasteiger partial charge in [-0.1, -0.05) is 0 Å². The molecule has 14 heavy (non-hydrogen) atoms. The summed E-state index contributed by atoms with van der Waals surface area (Å²) < 4.78 is 4.31. The number of aromatic nitrogens is 3. The van der Waals surface area contributed by atoms with Gasteiger partial charge in [-0.3, -0.25) is 9.42 Å². The number of carbonyl (C=O) groups is 1. The number of rotatable bonds is 1. The molecular formula is C7H6N4O3. The van der Waals surface area contributed by atoms with Crippen LogP contribution in [-0.2, 0) is 4.79 Å². The third-order valence-electron chi connectivity index (χ3n) is 1.56. The minimum absolute atomic E-state index is 0.159. The van der Waals surface area contributed by atoms with Crippen LogP contribution in [0.25, 0.3) is 11.2 Å². The first kappa shape index (κ1) is 8.42. The lowest BCUT2D eigenvalue weighted by Crippen LogP contribution is -2.22. The maximum absolute atomic E-state index is 10.9. The van der Waals surface area contributed by atoms with Crippen molar-refractivity contribution < 1.29 is 14.3 Å². The first-order valence-corrected chi connectivity index (χ1v) is 3.81. The molecule has 7 nitrogen and oxygen atoms in total. The summed E-state index contributed by atoms with van der Waals surface area (Å²) in [6.07, 6.45) is 0. The maximum atomic E-state index is 10.9. The van der Waals surface area contributed by atoms with E-state index < -0.39 is 0 Å². The summed E-state index contributed by atoms with van der Waals surface area (Å²) in [5.41, 5.74) is 0.380. The molecule has 0 saturated carbocycles. The molecule has 0 bridgehead atoms. The van der Waals surface area contributed by atoms with Gasteiger partial charge in [0.05, 0.1) is 5.16 Å². The predicted molar refractivity (Wildman–Crippen MR) is 45.1 cm³/mol. The van der Waals surface area contributed by atoms with Crippen molar-refractivity contribution in [3.8, 4) is 0 Å². The summed E-state index contributed by atoms with van der Waals surface area (Å²) >= 11 is 0. The van der Waals surface area contributed by atoms with Crippen molar-refractivity contribution >= 4 is 22.9 Å². The highest BCUT2D eigenvalue weighted by Crippen LogP contribution is 2.09. The Balaban J connectivity index is 2.46. The van der Waals surface area contributed by atoms with Crippen molar-refractivity contribution in [3.05, 3.63) is 17.3 Å². The molecule has 0 unspecified atom stereocenters. The zero-order valence-corrected chi connectivity index (χ0v) is 7.22. The van der Waals surface area contributed by atoms with Crippen molar-refractivity contribution in [2.45, 2.75) is 6.92 Å². The predicted octanol–water partition coefficient (Wildman–Crippen LogP) is -0.185. The van der Waals surface area contributed by atoms with Gasteiger partial charge in [-0.05, 0) is 17.0 Å². The van der Waals surface area contributed by atoms with E-state index in [2.05, 4.69) is 20.1 Å². The van der Waals surface area contributed by atoms with E-state index in [9.17, 15) is 10.0 Å². The Morgan fingerprint density at radius 2 is 2.43 bits per heavy atom. The first-order valence-electron chi connectivity index (χ1n) is 3.81. The summed E-state index contributed by atoms with van der Waals surface area (Å²) in [5.74, 6) is 0.0919. The molecule has 0 aliphatic heterocycles. The Morgan fingerprint density at radius 3 is 3.14 bits per heavy atom. The molecule has 0 atom stereocenters. The molecule has 2 heterocycles. The van der Waals surface area contributed by atoms with Crippen molar-refractivity contribution in [1.29, 1.82) is 0 Å². The van der Waals surface area contributed by atoms with Gasteiger partial charge < -0.3 is 10.5 Å². The Morgan fingerprint density at radius 1 is 1.64 bits per heavy atom. The second-order valence-electron chi connectivity index (χ2n) is 2.65. The average molecular weight is 194 g/mol. The Labute approximate surface area is 77.9 Å². The number of hydrogen-bond donors (Lipinski definition) is 1. The van der Waals surface area contributed by atoms with Gasteiger partial charge in [0.15, 0.2) is 0 Å². The molecule has 72 valence electrons. The molecular weight excluding hydrogens is 188 g/mol. The number of carbonyl (C=O) groups excluding carboxylic acids is 1. The normalized spacial score (nSPS) is 10.4. The molecule has 2 aromatic rings. The highest BCUT2D eigenvalue weighted by Gasteiger charge is 2.11. The quantitative estimate of drug-likeness (QED) is 0.635. The smallest absolute Gasteiger partial charge is 0.342 e. The number of hydrogen-bond acceptors (Lipinski definition) is 5. The molecule has 7 heteroatoms. The van der Waals surface area contributed by atoms with Crippen LogP contribution in [0.1, 0.15) is 6.92 Å². The van der Waals surface area contributed by atoms with E-state index in [0.717, 1.165) is 0 Å². The number of pyridine rings is 1. The molecule has 0 radical (unpaired) electrons. The van der Waals surface area contributed by atoms with Gasteiger partial charge in [0, 0.05) is 6.92 Å². The SMILES string of the molecule is CC(=O)Nc1ccc2c(no[n+]2[O-])n1. The van der Waals surface area contributed by atoms with Crippen molar-refractivity contribution in [1.82, 2.24) is 10.1 Å². The Hall–Kier alpha value is -2.18. The fourth-order valence-corrected chi connectivity index (χ4v) is 1.02. The number of amides is 1. The van der Waals surface area contributed by atoms with E-state index in [1.807, 2.05) is 0 Å². The minimum atomic E-state index is -0.240. The molecule has 2 rings (SSSR count). The van der Waals surface area contributed by atoms with Crippen LogP contribution in [0.3, 0.4) is 0 Å². The third-order valence-corrected chi connectivity index (χ3v) is 1.56. The standard InChI is InChI=1S/C7H6N4O3/c1-4(12)8-6-3-2-5-7(9-6)10-14-11(5)13/h2-3H,1H3,(H,8,9,10,12). The van der Waals surface area contributed by atoms with Crippen LogP contribution in [0.5, 0.6) is 0 Å². The van der Waals surface area contributed by atoms with E-state index in [4.69, 9.17) is 0 Å². The number of anilines is 1. The zero-order chi connectivity index (χ0) is 10.1. The molecule has 0 aliphatic carbocycles. The molecule has 0 fully saturated rings. The lowest BCUT2D eigenvalue weighted by atomic mass is 10.4. The molecule has 1 N–H and O–H groups in total. The Kier molecular flexibility index (Phi) is 1.77. The van der Waals surface area contributed by atoms with Gasteiger partial charge in [-0.25, -0.2) is 0 Å². The van der Waals surface area contributed by atoms with E-state index >= 15 is 0 Å². The Bertz CT molecular complexity index is 493. The topological polar surface area (TPSA) is 95.0 Å². The summed E-state index contributed by atoms with van der Waals surface area (Å²) in [7, 11) is 0. The lowest BCUT2D eigenvalue weighted by Gasteiger charge is -1.96. The van der Waals surface area contributed by atoms with Gasteiger partial charge in [0.25, 0.3) is 0 Å². The fraction of sp³-hybridized carbons (Fsp3) is 0.143. The third kappa shape index (κ3) is 1.35. The van der Waals surface area contributed by atoms with Gasteiger partial charge >= 0.3 is 5.65 Å². The average Bonchev–Trinajstić information content (AvgIpc) is 2.46. The number of nitrogens with zero attached hydrogens (tertiary/aromatic N) is 3. The highest BCUT2D eigenvalue weighted by atomic mass is 16.8. The van der Waals surface area contributed by atoms with E-state index in [-0.39, 0.29) is 22.0 Å².